The zero-order valence-electron chi connectivity index (χ0n) is 51.3. The highest BCUT2D eigenvalue weighted by atomic mass is 16.6. The van der Waals surface area contributed by atoms with Gasteiger partial charge in [0.1, 0.15) is 13.2 Å². The molecule has 1 atom stereocenters. The molecular weight excluding hydrogens is 973 g/mol. The summed E-state index contributed by atoms with van der Waals surface area (Å²) in [5.74, 6) is -0.995. The van der Waals surface area contributed by atoms with Crippen LogP contribution in [-0.2, 0) is 28.6 Å². The van der Waals surface area contributed by atoms with Crippen LogP contribution < -0.4 is 0 Å². The fourth-order valence-electron chi connectivity index (χ4n) is 8.81. The van der Waals surface area contributed by atoms with Crippen LogP contribution in [0.15, 0.2) is 134 Å². The van der Waals surface area contributed by atoms with Gasteiger partial charge in [0.05, 0.1) is 0 Å². The van der Waals surface area contributed by atoms with Crippen molar-refractivity contribution >= 4 is 17.9 Å². The van der Waals surface area contributed by atoms with Crippen LogP contribution >= 0.6 is 0 Å². The molecule has 1 unspecified atom stereocenters. The molecule has 79 heavy (non-hydrogen) atoms. The molecule has 6 nitrogen and oxygen atoms in total. The molecule has 6 heteroatoms. The first-order chi connectivity index (χ1) is 39.0. The van der Waals surface area contributed by atoms with Crippen molar-refractivity contribution in [1.82, 2.24) is 0 Å². The summed E-state index contributed by atoms with van der Waals surface area (Å²) < 4.78 is 16.8. The first-order valence-electron chi connectivity index (χ1n) is 32.7. The standard InChI is InChI=1S/C73H120O6/c1-4-7-10-13-16-19-22-25-27-29-30-31-32-33-34-35-36-37-38-39-40-41-42-44-45-48-51-54-57-60-63-66-72(75)78-69-70(68-77-71(74)65-62-59-56-53-50-47-24-21-18-15-12-9-6-3)79-73(76)67-64-61-58-55-52-49-46-43-28-26-23-20-17-14-11-8-5-2/h7,9-10,12,16-21,25-28,30-31,33-34,47,50,56,59,70H,4-6,8,11,13-15,22-24,29,32,35-46,48-49,51-55,57-58,60-69H2,1-3H3/b10-7-,12-9-,19-16-,20-17-,21-18-,27-25-,28-26-,31-30-,34-33-,50-47-,59-56-. The van der Waals surface area contributed by atoms with Crippen LogP contribution in [-0.4, -0.2) is 37.2 Å². The van der Waals surface area contributed by atoms with E-state index in [1.807, 2.05) is 6.08 Å². The molecule has 0 aliphatic rings. The second kappa shape index (κ2) is 66.1. The highest BCUT2D eigenvalue weighted by Crippen LogP contribution is 2.16. The van der Waals surface area contributed by atoms with Crippen molar-refractivity contribution < 1.29 is 28.6 Å². The molecule has 0 N–H and O–H groups in total. The number of carbonyl (C=O) groups is 3. The van der Waals surface area contributed by atoms with Gasteiger partial charge in [-0.15, -0.1) is 0 Å². The normalized spacial score (nSPS) is 13.0. The lowest BCUT2D eigenvalue weighted by atomic mass is 10.0. The first kappa shape index (κ1) is 74.5. The predicted molar refractivity (Wildman–Crippen MR) is 343 cm³/mol. The molecule has 0 saturated carbocycles. The lowest BCUT2D eigenvalue weighted by Crippen LogP contribution is -2.30. The van der Waals surface area contributed by atoms with E-state index in [0.29, 0.717) is 19.3 Å². The summed E-state index contributed by atoms with van der Waals surface area (Å²) in [5, 5.41) is 0. The molecule has 0 radical (unpaired) electrons. The van der Waals surface area contributed by atoms with Gasteiger partial charge in [-0.3, -0.25) is 14.4 Å². The minimum absolute atomic E-state index is 0.105. The maximum atomic E-state index is 12.9. The van der Waals surface area contributed by atoms with E-state index in [2.05, 4.69) is 148 Å². The number of unbranched alkanes of at least 4 members (excludes halogenated alkanes) is 25. The van der Waals surface area contributed by atoms with Crippen LogP contribution in [0, 0.1) is 0 Å². The molecule has 0 heterocycles. The van der Waals surface area contributed by atoms with E-state index in [-0.39, 0.29) is 37.5 Å². The quantitative estimate of drug-likeness (QED) is 0.0261. The predicted octanol–water partition coefficient (Wildman–Crippen LogP) is 22.5. The van der Waals surface area contributed by atoms with Gasteiger partial charge < -0.3 is 14.2 Å². The van der Waals surface area contributed by atoms with Gasteiger partial charge in [0.2, 0.25) is 0 Å². The molecule has 0 aromatic rings. The van der Waals surface area contributed by atoms with Gasteiger partial charge in [0.15, 0.2) is 6.10 Å². The lowest BCUT2D eigenvalue weighted by molar-refractivity contribution is -0.166. The third kappa shape index (κ3) is 64.3. The third-order valence-corrected chi connectivity index (χ3v) is 13.6. The van der Waals surface area contributed by atoms with E-state index < -0.39 is 6.10 Å². The summed E-state index contributed by atoms with van der Waals surface area (Å²) in [6, 6.07) is 0. The number of hydrogen-bond donors (Lipinski definition) is 0. The SMILES string of the molecule is CC/C=C\C/C=C\C/C=C\C/C=C\C/C=C\CCCCCCCCCCCCCCCCCC(=O)OCC(COC(=O)CC/C=C\C/C=C\C/C=C\C/C=C\CC)OC(=O)CCCCCCCCC/C=C\C/C=C\CCCCC. The van der Waals surface area contributed by atoms with Crippen LogP contribution in [0.4, 0.5) is 0 Å². The monoisotopic (exact) mass is 1090 g/mol. The van der Waals surface area contributed by atoms with Crippen molar-refractivity contribution in [2.75, 3.05) is 13.2 Å². The Labute approximate surface area is 487 Å². The smallest absolute Gasteiger partial charge is 0.306 e. The Morgan fingerprint density at radius 2 is 0.519 bits per heavy atom. The Morgan fingerprint density at radius 1 is 0.266 bits per heavy atom. The van der Waals surface area contributed by atoms with Gasteiger partial charge in [0, 0.05) is 19.3 Å². The highest BCUT2D eigenvalue weighted by molar-refractivity contribution is 5.71. The first-order valence-corrected chi connectivity index (χ1v) is 32.7. The van der Waals surface area contributed by atoms with E-state index in [1.54, 1.807) is 0 Å². The van der Waals surface area contributed by atoms with Crippen LogP contribution in [0.5, 0.6) is 0 Å². The highest BCUT2D eigenvalue weighted by Gasteiger charge is 2.19. The Balaban J connectivity index is 4.27. The summed E-state index contributed by atoms with van der Waals surface area (Å²) in [7, 11) is 0. The molecule has 0 aliphatic carbocycles. The zero-order chi connectivity index (χ0) is 57.1. The van der Waals surface area contributed by atoms with Crippen LogP contribution in [0.3, 0.4) is 0 Å². The summed E-state index contributed by atoms with van der Waals surface area (Å²) in [5.41, 5.74) is 0. The molecule has 0 fully saturated rings. The second-order valence-electron chi connectivity index (χ2n) is 21.3. The van der Waals surface area contributed by atoms with E-state index in [9.17, 15) is 14.4 Å². The van der Waals surface area contributed by atoms with Gasteiger partial charge in [0.25, 0.3) is 0 Å². The number of rotatable bonds is 58. The molecule has 0 saturated heterocycles. The van der Waals surface area contributed by atoms with Crippen molar-refractivity contribution in [2.45, 2.75) is 297 Å². The average molecular weight is 1090 g/mol. The Morgan fingerprint density at radius 3 is 0.848 bits per heavy atom. The van der Waals surface area contributed by atoms with Crippen LogP contribution in [0.25, 0.3) is 0 Å². The minimum Gasteiger partial charge on any atom is -0.462 e. The molecule has 0 amide bonds. The van der Waals surface area contributed by atoms with E-state index in [4.69, 9.17) is 14.2 Å². The van der Waals surface area contributed by atoms with Crippen molar-refractivity contribution in [3.8, 4) is 0 Å². The molecule has 0 aliphatic heterocycles. The van der Waals surface area contributed by atoms with Crippen molar-refractivity contribution in [3.05, 3.63) is 134 Å². The van der Waals surface area contributed by atoms with Crippen molar-refractivity contribution in [1.29, 1.82) is 0 Å². The zero-order valence-corrected chi connectivity index (χ0v) is 51.3. The molecule has 0 bridgehead atoms. The number of esters is 3. The molecular formula is C73H120O6. The average Bonchev–Trinajstić information content (AvgIpc) is 3.45. The molecule has 0 aromatic carbocycles. The molecule has 448 valence electrons. The summed E-state index contributed by atoms with van der Waals surface area (Å²) in [6.45, 7) is 6.33. The van der Waals surface area contributed by atoms with Crippen LogP contribution in [0.2, 0.25) is 0 Å². The maximum Gasteiger partial charge on any atom is 0.306 e. The summed E-state index contributed by atoms with van der Waals surface area (Å²) >= 11 is 0. The Bertz CT molecular complexity index is 1680. The largest absolute Gasteiger partial charge is 0.462 e. The number of carbonyl (C=O) groups excluding carboxylic acids is 3. The van der Waals surface area contributed by atoms with Gasteiger partial charge in [-0.1, -0.05) is 283 Å². The van der Waals surface area contributed by atoms with Crippen molar-refractivity contribution in [2.24, 2.45) is 0 Å². The lowest BCUT2D eigenvalue weighted by Gasteiger charge is -2.18. The topological polar surface area (TPSA) is 78.9 Å². The van der Waals surface area contributed by atoms with E-state index in [0.717, 1.165) is 109 Å². The van der Waals surface area contributed by atoms with Gasteiger partial charge >= 0.3 is 17.9 Å². The van der Waals surface area contributed by atoms with Gasteiger partial charge in [-0.2, -0.15) is 0 Å². The van der Waals surface area contributed by atoms with Crippen LogP contribution in [0.1, 0.15) is 290 Å². The minimum atomic E-state index is -0.815. The fraction of sp³-hybridized carbons (Fsp3) is 0.658. The number of allylic oxidation sites excluding steroid dienone is 22. The number of ether oxygens (including phenoxy) is 3. The maximum absolute atomic E-state index is 12.9. The Kier molecular flexibility index (Phi) is 62.3. The molecule has 0 spiro atoms. The van der Waals surface area contributed by atoms with Gasteiger partial charge in [-0.25, -0.2) is 0 Å². The third-order valence-electron chi connectivity index (χ3n) is 13.6. The Hall–Kier alpha value is -4.45. The summed E-state index contributed by atoms with van der Waals surface area (Å²) in [6.07, 6.45) is 93.4. The van der Waals surface area contributed by atoms with Crippen molar-refractivity contribution in [3.63, 3.8) is 0 Å². The second-order valence-corrected chi connectivity index (χ2v) is 21.3. The fourth-order valence-corrected chi connectivity index (χ4v) is 8.81. The van der Waals surface area contributed by atoms with E-state index in [1.165, 1.54) is 135 Å². The summed E-state index contributed by atoms with van der Waals surface area (Å²) in [4.78, 5) is 38.2. The molecule has 0 aromatic heterocycles. The molecule has 0 rings (SSSR count). The number of hydrogen-bond acceptors (Lipinski definition) is 6. The van der Waals surface area contributed by atoms with Gasteiger partial charge in [-0.05, 0) is 122 Å². The van der Waals surface area contributed by atoms with E-state index >= 15 is 0 Å².